The maximum absolute atomic E-state index is 5.53. The Labute approximate surface area is 144 Å². The van der Waals surface area contributed by atoms with Gasteiger partial charge in [-0.2, -0.15) is 0 Å². The van der Waals surface area contributed by atoms with Crippen molar-refractivity contribution in [1.82, 2.24) is 9.97 Å². The van der Waals surface area contributed by atoms with Gasteiger partial charge in [-0.25, -0.2) is 0 Å². The van der Waals surface area contributed by atoms with E-state index in [1.54, 1.807) is 6.26 Å². The van der Waals surface area contributed by atoms with E-state index in [0.29, 0.717) is 0 Å². The van der Waals surface area contributed by atoms with E-state index in [4.69, 9.17) is 4.42 Å². The fourth-order valence-corrected chi connectivity index (χ4v) is 3.43. The standard InChI is InChI=1S/C22H16N2O/c1-14-22-18(9-10-23-14)19-13-16(7-8-20(19)24-22)15-4-2-5-17(12-15)21-6-3-11-25-21/h2-13,24H,1H3. The third-order valence-corrected chi connectivity index (χ3v) is 4.71. The summed E-state index contributed by atoms with van der Waals surface area (Å²) in [5.74, 6) is 0.886. The molecule has 0 fully saturated rings. The first-order valence-electron chi connectivity index (χ1n) is 8.31. The molecule has 0 bridgehead atoms. The van der Waals surface area contributed by atoms with Crippen LogP contribution in [0.25, 0.3) is 44.3 Å². The van der Waals surface area contributed by atoms with Crippen molar-refractivity contribution in [2.45, 2.75) is 6.92 Å². The number of fused-ring (bicyclic) bond motifs is 3. The minimum absolute atomic E-state index is 0.886. The van der Waals surface area contributed by atoms with Gasteiger partial charge in [-0.3, -0.25) is 4.98 Å². The van der Waals surface area contributed by atoms with Crippen molar-refractivity contribution in [1.29, 1.82) is 0 Å². The van der Waals surface area contributed by atoms with Gasteiger partial charge in [0, 0.05) is 28.0 Å². The van der Waals surface area contributed by atoms with Crippen LogP contribution in [0.2, 0.25) is 0 Å². The number of hydrogen-bond acceptors (Lipinski definition) is 2. The molecule has 0 aliphatic heterocycles. The first-order valence-corrected chi connectivity index (χ1v) is 8.31. The van der Waals surface area contributed by atoms with E-state index in [1.165, 1.54) is 21.9 Å². The number of rotatable bonds is 2. The normalized spacial score (nSPS) is 11.4. The third-order valence-electron chi connectivity index (χ3n) is 4.71. The van der Waals surface area contributed by atoms with Gasteiger partial charge in [-0.15, -0.1) is 0 Å². The number of pyridine rings is 1. The Bertz CT molecular complexity index is 1200. The van der Waals surface area contributed by atoms with Crippen molar-refractivity contribution in [2.75, 3.05) is 0 Å². The molecule has 1 N–H and O–H groups in total. The summed E-state index contributed by atoms with van der Waals surface area (Å²) in [6, 6.07) is 21.0. The summed E-state index contributed by atoms with van der Waals surface area (Å²) in [5, 5.41) is 2.44. The molecular formula is C22H16N2O. The molecule has 2 aromatic carbocycles. The van der Waals surface area contributed by atoms with E-state index >= 15 is 0 Å². The van der Waals surface area contributed by atoms with Gasteiger partial charge in [0.1, 0.15) is 5.76 Å². The molecule has 0 spiro atoms. The highest BCUT2D eigenvalue weighted by Gasteiger charge is 2.09. The van der Waals surface area contributed by atoms with Gasteiger partial charge in [-0.1, -0.05) is 24.3 Å². The van der Waals surface area contributed by atoms with Crippen molar-refractivity contribution in [3.05, 3.63) is 78.8 Å². The summed E-state index contributed by atoms with van der Waals surface area (Å²) < 4.78 is 5.53. The summed E-state index contributed by atoms with van der Waals surface area (Å²) >= 11 is 0. The van der Waals surface area contributed by atoms with Crippen molar-refractivity contribution in [3.8, 4) is 22.5 Å². The number of hydrogen-bond donors (Lipinski definition) is 1. The minimum atomic E-state index is 0.886. The van der Waals surface area contributed by atoms with Gasteiger partial charge in [-0.05, 0) is 54.4 Å². The molecule has 3 aromatic heterocycles. The van der Waals surface area contributed by atoms with Crippen molar-refractivity contribution >= 4 is 21.8 Å². The highest BCUT2D eigenvalue weighted by molar-refractivity contribution is 6.09. The molecule has 0 unspecified atom stereocenters. The van der Waals surface area contributed by atoms with Crippen molar-refractivity contribution in [3.63, 3.8) is 0 Å². The van der Waals surface area contributed by atoms with Crippen molar-refractivity contribution in [2.24, 2.45) is 0 Å². The van der Waals surface area contributed by atoms with Crippen LogP contribution in [0, 0.1) is 6.92 Å². The topological polar surface area (TPSA) is 41.8 Å². The highest BCUT2D eigenvalue weighted by Crippen LogP contribution is 2.32. The van der Waals surface area contributed by atoms with Crippen LogP contribution in [0.5, 0.6) is 0 Å². The summed E-state index contributed by atoms with van der Waals surface area (Å²) in [6.07, 6.45) is 3.57. The Kier molecular flexibility index (Phi) is 3.01. The third kappa shape index (κ3) is 2.24. The number of nitrogens with one attached hydrogen (secondary N) is 1. The van der Waals surface area contributed by atoms with Crippen LogP contribution in [-0.2, 0) is 0 Å². The molecule has 0 atom stereocenters. The average Bonchev–Trinajstić information content (AvgIpc) is 3.30. The fraction of sp³-hybridized carbons (Fsp3) is 0.0455. The van der Waals surface area contributed by atoms with Gasteiger partial charge in [0.25, 0.3) is 0 Å². The Morgan fingerprint density at radius 1 is 0.840 bits per heavy atom. The molecule has 3 nitrogen and oxygen atoms in total. The number of benzene rings is 2. The number of H-pyrrole nitrogens is 1. The summed E-state index contributed by atoms with van der Waals surface area (Å²) in [5.41, 5.74) is 6.72. The largest absolute Gasteiger partial charge is 0.464 e. The lowest BCUT2D eigenvalue weighted by Crippen LogP contribution is -1.80. The average molecular weight is 324 g/mol. The Hall–Kier alpha value is -3.33. The zero-order chi connectivity index (χ0) is 16.8. The van der Waals surface area contributed by atoms with Crippen LogP contribution in [0.3, 0.4) is 0 Å². The number of aryl methyl sites for hydroxylation is 1. The molecule has 0 saturated heterocycles. The van der Waals surface area contributed by atoms with Gasteiger partial charge < -0.3 is 9.40 Å². The molecule has 0 aliphatic rings. The smallest absolute Gasteiger partial charge is 0.133 e. The van der Waals surface area contributed by atoms with Crippen LogP contribution < -0.4 is 0 Å². The first kappa shape index (κ1) is 14.1. The van der Waals surface area contributed by atoms with E-state index in [0.717, 1.165) is 28.1 Å². The van der Waals surface area contributed by atoms with E-state index in [1.807, 2.05) is 25.3 Å². The Balaban J connectivity index is 1.70. The second kappa shape index (κ2) is 5.35. The van der Waals surface area contributed by atoms with Gasteiger partial charge in [0.15, 0.2) is 0 Å². The quantitative estimate of drug-likeness (QED) is 0.436. The second-order valence-electron chi connectivity index (χ2n) is 6.26. The summed E-state index contributed by atoms with van der Waals surface area (Å²) in [6.45, 7) is 2.03. The predicted octanol–water partition coefficient (Wildman–Crippen LogP) is 5.95. The Morgan fingerprint density at radius 2 is 1.72 bits per heavy atom. The molecule has 3 heteroatoms. The maximum Gasteiger partial charge on any atom is 0.133 e. The van der Waals surface area contributed by atoms with Gasteiger partial charge >= 0.3 is 0 Å². The first-order chi connectivity index (χ1) is 12.3. The molecule has 0 amide bonds. The number of aromatic amines is 1. The van der Waals surface area contributed by atoms with Crippen LogP contribution >= 0.6 is 0 Å². The molecule has 5 rings (SSSR count). The molecule has 3 heterocycles. The monoisotopic (exact) mass is 324 g/mol. The van der Waals surface area contributed by atoms with Crippen LogP contribution in [0.4, 0.5) is 0 Å². The lowest BCUT2D eigenvalue weighted by atomic mass is 10.00. The summed E-state index contributed by atoms with van der Waals surface area (Å²) in [7, 11) is 0. The minimum Gasteiger partial charge on any atom is -0.464 e. The van der Waals surface area contributed by atoms with Gasteiger partial charge in [0.2, 0.25) is 0 Å². The zero-order valence-electron chi connectivity index (χ0n) is 13.8. The lowest BCUT2D eigenvalue weighted by Gasteiger charge is -2.05. The van der Waals surface area contributed by atoms with E-state index < -0.39 is 0 Å². The van der Waals surface area contributed by atoms with Crippen LogP contribution in [-0.4, -0.2) is 9.97 Å². The van der Waals surface area contributed by atoms with Crippen LogP contribution in [0.15, 0.2) is 77.5 Å². The number of aromatic nitrogens is 2. The van der Waals surface area contributed by atoms with E-state index in [2.05, 4.69) is 58.5 Å². The molecule has 0 radical (unpaired) electrons. The predicted molar refractivity (Wildman–Crippen MR) is 101 cm³/mol. The Morgan fingerprint density at radius 3 is 2.60 bits per heavy atom. The molecule has 0 aliphatic carbocycles. The van der Waals surface area contributed by atoms with E-state index in [9.17, 15) is 0 Å². The lowest BCUT2D eigenvalue weighted by molar-refractivity contribution is 0.582. The number of nitrogens with zero attached hydrogens (tertiary/aromatic N) is 1. The molecule has 25 heavy (non-hydrogen) atoms. The van der Waals surface area contributed by atoms with E-state index in [-0.39, 0.29) is 0 Å². The molecule has 5 aromatic rings. The highest BCUT2D eigenvalue weighted by atomic mass is 16.3. The summed E-state index contributed by atoms with van der Waals surface area (Å²) in [4.78, 5) is 7.86. The van der Waals surface area contributed by atoms with Crippen molar-refractivity contribution < 1.29 is 4.42 Å². The molecular weight excluding hydrogens is 308 g/mol. The molecule has 120 valence electrons. The molecule has 0 saturated carbocycles. The zero-order valence-corrected chi connectivity index (χ0v) is 13.8. The fourth-order valence-electron chi connectivity index (χ4n) is 3.43. The number of furan rings is 1. The SMILES string of the molecule is Cc1nccc2c1[nH]c1ccc(-c3cccc(-c4ccco4)c3)cc12. The second-order valence-corrected chi connectivity index (χ2v) is 6.26. The van der Waals surface area contributed by atoms with Crippen LogP contribution in [0.1, 0.15) is 5.69 Å². The maximum atomic E-state index is 5.53. The van der Waals surface area contributed by atoms with Gasteiger partial charge in [0.05, 0.1) is 17.5 Å².